The summed E-state index contributed by atoms with van der Waals surface area (Å²) in [7, 11) is 0. The lowest BCUT2D eigenvalue weighted by molar-refractivity contribution is -0.146. The Bertz CT molecular complexity index is 1480. The van der Waals surface area contributed by atoms with Crippen LogP contribution in [0.1, 0.15) is 49.8 Å². The lowest BCUT2D eigenvalue weighted by Crippen LogP contribution is -2.54. The van der Waals surface area contributed by atoms with Crippen molar-refractivity contribution in [2.75, 3.05) is 31.9 Å². The van der Waals surface area contributed by atoms with Gasteiger partial charge in [-0.3, -0.25) is 9.59 Å². The summed E-state index contributed by atoms with van der Waals surface area (Å²) < 4.78 is 35.7. The fraction of sp³-hybridized carbons (Fsp3) is 0.467. The van der Waals surface area contributed by atoms with Crippen molar-refractivity contribution in [1.82, 2.24) is 24.8 Å². The molecule has 2 heterocycles. The van der Waals surface area contributed by atoms with Crippen molar-refractivity contribution in [3.63, 3.8) is 0 Å². The summed E-state index contributed by atoms with van der Waals surface area (Å²) in [5.74, 6) is -0.982. The number of piperazine rings is 1. The van der Waals surface area contributed by atoms with Gasteiger partial charge >= 0.3 is 0 Å². The molecule has 0 radical (unpaired) electrons. The van der Waals surface area contributed by atoms with Crippen LogP contribution in [0.2, 0.25) is 0 Å². The number of hydrogen-bond donors (Lipinski definition) is 1. The minimum Gasteiger partial charge on any atom is -0.481 e. The maximum atomic E-state index is 14.2. The molecular weight excluding hydrogens is 610 g/mol. The van der Waals surface area contributed by atoms with Crippen LogP contribution in [0.5, 0.6) is 5.75 Å². The normalized spacial score (nSPS) is 20.0. The first kappa shape index (κ1) is 29.9. The first-order valence-corrected chi connectivity index (χ1v) is 15.0. The second-order valence-corrected chi connectivity index (χ2v) is 12.0. The number of carbonyl (C=O) groups excluding carboxylic acids is 2. The molecule has 1 unspecified atom stereocenters. The Labute approximate surface area is 252 Å². The van der Waals surface area contributed by atoms with Crippen molar-refractivity contribution < 1.29 is 23.1 Å². The predicted octanol–water partition coefficient (Wildman–Crippen LogP) is 5.05. The van der Waals surface area contributed by atoms with Gasteiger partial charge in [0.1, 0.15) is 17.3 Å². The summed E-state index contributed by atoms with van der Waals surface area (Å²) in [5, 5.41) is 8.28. The average Bonchev–Trinajstić information content (AvgIpc) is 3.49. The highest BCUT2D eigenvalue weighted by Gasteiger charge is 2.34. The number of nitrogens with zero attached hydrogens (tertiary/aromatic N) is 5. The number of nitrogens with two attached hydrogens (primary N) is 1. The van der Waals surface area contributed by atoms with Gasteiger partial charge in [-0.15, -0.1) is 5.10 Å². The maximum Gasteiger partial charge on any atom is 0.263 e. The molecule has 1 saturated carbocycles. The fourth-order valence-corrected chi connectivity index (χ4v) is 6.05. The zero-order valence-corrected chi connectivity index (χ0v) is 25.5. The van der Waals surface area contributed by atoms with Crippen LogP contribution in [-0.2, 0) is 9.59 Å². The van der Waals surface area contributed by atoms with E-state index in [0.717, 1.165) is 30.0 Å². The third-order valence-electron chi connectivity index (χ3n) is 8.30. The van der Waals surface area contributed by atoms with Crippen LogP contribution in [0.15, 0.2) is 34.9 Å². The van der Waals surface area contributed by atoms with Crippen LogP contribution < -0.4 is 10.5 Å². The Hall–Kier alpha value is -3.54. The lowest BCUT2D eigenvalue weighted by Gasteiger charge is -2.38. The number of aryl methyl sites for hydroxylation is 2. The molecule has 2 amide bonds. The van der Waals surface area contributed by atoms with Gasteiger partial charge < -0.3 is 20.3 Å². The number of benzene rings is 2. The van der Waals surface area contributed by atoms with Crippen molar-refractivity contribution in [3.8, 4) is 17.0 Å². The van der Waals surface area contributed by atoms with Crippen molar-refractivity contribution in [1.29, 1.82) is 0 Å². The molecule has 1 atom stereocenters. The Morgan fingerprint density at radius 3 is 2.40 bits per heavy atom. The Balaban J connectivity index is 1.11. The second-order valence-electron chi connectivity index (χ2n) is 11.2. The maximum absolute atomic E-state index is 14.2. The van der Waals surface area contributed by atoms with E-state index in [0.29, 0.717) is 44.8 Å². The van der Waals surface area contributed by atoms with Gasteiger partial charge in [-0.05, 0) is 85.6 Å². The summed E-state index contributed by atoms with van der Waals surface area (Å²) in [5.41, 5.74) is 8.14. The molecule has 2 aliphatic rings. The van der Waals surface area contributed by atoms with Gasteiger partial charge in [-0.2, -0.15) is 0 Å². The van der Waals surface area contributed by atoms with E-state index < -0.39 is 17.7 Å². The van der Waals surface area contributed by atoms with E-state index in [4.69, 9.17) is 10.5 Å². The number of nitrogen functional groups attached to an aromatic ring is 1. The molecule has 0 bridgehead atoms. The second kappa shape index (κ2) is 12.4. The number of halogens is 3. The highest BCUT2D eigenvalue weighted by atomic mass is 79.9. The molecule has 2 fully saturated rings. The zero-order chi connectivity index (χ0) is 30.1. The third-order valence-corrected chi connectivity index (χ3v) is 9.03. The molecule has 1 aliphatic carbocycles. The van der Waals surface area contributed by atoms with Crippen LogP contribution in [0.4, 0.5) is 14.5 Å². The number of amides is 2. The minimum absolute atomic E-state index is 0.0228. The Morgan fingerprint density at radius 2 is 1.71 bits per heavy atom. The van der Waals surface area contributed by atoms with E-state index >= 15 is 0 Å². The molecule has 2 N–H and O–H groups in total. The highest BCUT2D eigenvalue weighted by molar-refractivity contribution is 9.10. The number of anilines is 1. The molecule has 9 nitrogen and oxygen atoms in total. The van der Waals surface area contributed by atoms with Crippen LogP contribution in [0.3, 0.4) is 0 Å². The van der Waals surface area contributed by atoms with Crippen LogP contribution in [0, 0.1) is 31.4 Å². The van der Waals surface area contributed by atoms with E-state index in [1.807, 2.05) is 36.9 Å². The van der Waals surface area contributed by atoms with Crippen LogP contribution in [-0.4, -0.2) is 68.9 Å². The molecule has 2 aromatic carbocycles. The molecule has 0 spiro atoms. The van der Waals surface area contributed by atoms with Gasteiger partial charge in [0, 0.05) is 37.7 Å². The monoisotopic (exact) mass is 644 g/mol. The van der Waals surface area contributed by atoms with Gasteiger partial charge in [0.15, 0.2) is 11.9 Å². The highest BCUT2D eigenvalue weighted by Crippen LogP contribution is 2.36. The van der Waals surface area contributed by atoms with Crippen LogP contribution >= 0.6 is 15.9 Å². The van der Waals surface area contributed by atoms with Crippen LogP contribution in [0.25, 0.3) is 11.3 Å². The molecule has 12 heteroatoms. The number of hydrogen-bond acceptors (Lipinski definition) is 6. The van der Waals surface area contributed by atoms with Gasteiger partial charge in [0.2, 0.25) is 5.91 Å². The first-order valence-electron chi connectivity index (χ1n) is 14.2. The standard InChI is InChI=1S/C30H35BrF2N6O3/c1-17-4-5-18(2)25(14-17)42-19(3)29(40)37-10-12-38(13-11-37)30(41)20-6-8-21(9-7-20)39-16-24(35-36-39)22-15-23(32)26(31)27(33)28(22)34/h4-5,14-16,19-21H,6-13,34H2,1-3H3. The van der Waals surface area contributed by atoms with E-state index in [9.17, 15) is 18.4 Å². The van der Waals surface area contributed by atoms with E-state index in [-0.39, 0.29) is 45.2 Å². The third kappa shape index (κ3) is 6.13. The minimum atomic E-state index is -0.871. The molecule has 1 aromatic heterocycles. The van der Waals surface area contributed by atoms with Gasteiger partial charge in [0.05, 0.1) is 22.4 Å². The number of ether oxygens (including phenoxy) is 1. The number of carbonyl (C=O) groups is 2. The Morgan fingerprint density at radius 1 is 1.05 bits per heavy atom. The molecule has 42 heavy (non-hydrogen) atoms. The Kier molecular flexibility index (Phi) is 8.81. The summed E-state index contributed by atoms with van der Waals surface area (Å²) in [6.45, 7) is 7.65. The van der Waals surface area contributed by atoms with Gasteiger partial charge in [-0.1, -0.05) is 17.3 Å². The first-order chi connectivity index (χ1) is 20.0. The van der Waals surface area contributed by atoms with Gasteiger partial charge in [-0.25, -0.2) is 13.5 Å². The molecule has 3 aromatic rings. The van der Waals surface area contributed by atoms with Gasteiger partial charge in [0.25, 0.3) is 5.91 Å². The van der Waals surface area contributed by atoms with Crippen molar-refractivity contribution in [2.24, 2.45) is 5.92 Å². The lowest BCUT2D eigenvalue weighted by atomic mass is 9.85. The van der Waals surface area contributed by atoms with Crippen molar-refractivity contribution >= 4 is 33.4 Å². The topological polar surface area (TPSA) is 107 Å². The SMILES string of the molecule is Cc1ccc(C)c(OC(C)C(=O)N2CCN(C(=O)C3CCC(n4cc(-c5cc(F)c(Br)c(F)c5N)nn4)CC3)CC2)c1. The summed E-state index contributed by atoms with van der Waals surface area (Å²) in [6, 6.07) is 7.09. The number of aromatic nitrogens is 3. The molecule has 1 saturated heterocycles. The quantitative estimate of drug-likeness (QED) is 0.297. The number of rotatable bonds is 6. The summed E-state index contributed by atoms with van der Waals surface area (Å²) in [6.07, 6.45) is 3.88. The predicted molar refractivity (Wildman–Crippen MR) is 158 cm³/mol. The molecule has 224 valence electrons. The van der Waals surface area contributed by atoms with E-state index in [2.05, 4.69) is 26.2 Å². The van der Waals surface area contributed by atoms with Crippen molar-refractivity contribution in [2.45, 2.75) is 58.6 Å². The molecular formula is C30H35BrF2N6O3. The molecule has 5 rings (SSSR count). The largest absolute Gasteiger partial charge is 0.481 e. The molecule has 1 aliphatic heterocycles. The summed E-state index contributed by atoms with van der Waals surface area (Å²) in [4.78, 5) is 30.0. The summed E-state index contributed by atoms with van der Waals surface area (Å²) >= 11 is 2.86. The van der Waals surface area contributed by atoms with E-state index in [1.165, 1.54) is 0 Å². The fourth-order valence-electron chi connectivity index (χ4n) is 5.72. The smallest absolute Gasteiger partial charge is 0.263 e. The van der Waals surface area contributed by atoms with Crippen molar-refractivity contribution in [3.05, 3.63) is 57.7 Å². The average molecular weight is 646 g/mol. The zero-order valence-electron chi connectivity index (χ0n) is 23.9. The van der Waals surface area contributed by atoms with E-state index in [1.54, 1.807) is 22.7 Å².